The molecule has 1 aromatic heterocycles. The monoisotopic (exact) mass is 273 g/mol. The summed E-state index contributed by atoms with van der Waals surface area (Å²) in [5.41, 5.74) is 1.69. The van der Waals surface area contributed by atoms with Gasteiger partial charge in [-0.25, -0.2) is 0 Å². The topological polar surface area (TPSA) is 42.7 Å². The van der Waals surface area contributed by atoms with E-state index in [-0.39, 0.29) is 5.78 Å². The first kappa shape index (κ1) is 14.3. The molecule has 0 amide bonds. The summed E-state index contributed by atoms with van der Waals surface area (Å²) in [6.45, 7) is 3.48. The summed E-state index contributed by atoms with van der Waals surface area (Å²) >= 11 is 0. The second-order valence-electron chi connectivity index (χ2n) is 4.66. The van der Waals surface area contributed by atoms with Crippen molar-refractivity contribution < 1.29 is 13.9 Å². The van der Waals surface area contributed by atoms with E-state index < -0.39 is 0 Å². The summed E-state index contributed by atoms with van der Waals surface area (Å²) in [4.78, 5) is 14.3. The van der Waals surface area contributed by atoms with Gasteiger partial charge in [-0.2, -0.15) is 0 Å². The number of ketones is 1. The highest BCUT2D eigenvalue weighted by molar-refractivity contribution is 6.00. The molecule has 0 atom stereocenters. The quantitative estimate of drug-likeness (QED) is 0.727. The van der Waals surface area contributed by atoms with E-state index in [1.807, 2.05) is 43.1 Å². The van der Waals surface area contributed by atoms with Gasteiger partial charge >= 0.3 is 0 Å². The SMILES string of the molecule is CCOc1ccccc1C(=O)CN(C)Cc1ccoc1. The number of carbonyl (C=O) groups is 1. The van der Waals surface area contributed by atoms with Crippen molar-refractivity contribution in [2.45, 2.75) is 13.5 Å². The molecule has 0 fully saturated rings. The number of rotatable bonds is 7. The van der Waals surface area contributed by atoms with E-state index in [4.69, 9.17) is 9.15 Å². The van der Waals surface area contributed by atoms with Crippen molar-refractivity contribution in [3.8, 4) is 5.75 Å². The molecular formula is C16H19NO3. The van der Waals surface area contributed by atoms with Gasteiger partial charge in [-0.05, 0) is 32.2 Å². The summed E-state index contributed by atoms with van der Waals surface area (Å²) in [6, 6.07) is 9.25. The number of furan rings is 1. The van der Waals surface area contributed by atoms with Gasteiger partial charge in [0.2, 0.25) is 0 Å². The molecule has 0 saturated carbocycles. The Morgan fingerprint density at radius 3 is 2.80 bits per heavy atom. The molecule has 0 radical (unpaired) electrons. The molecule has 1 aromatic carbocycles. The number of Topliss-reactive ketones (excluding diaryl/α,β-unsaturated/α-hetero) is 1. The first-order chi connectivity index (χ1) is 9.70. The van der Waals surface area contributed by atoms with Crippen molar-refractivity contribution in [2.24, 2.45) is 0 Å². The lowest BCUT2D eigenvalue weighted by molar-refractivity contribution is 0.0939. The second-order valence-corrected chi connectivity index (χ2v) is 4.66. The highest BCUT2D eigenvalue weighted by atomic mass is 16.5. The first-order valence-corrected chi connectivity index (χ1v) is 6.65. The van der Waals surface area contributed by atoms with Gasteiger partial charge in [0.05, 0.1) is 31.2 Å². The molecule has 0 bridgehead atoms. The lowest BCUT2D eigenvalue weighted by Crippen LogP contribution is -2.25. The third-order valence-electron chi connectivity index (χ3n) is 2.93. The number of hydrogen-bond acceptors (Lipinski definition) is 4. The largest absolute Gasteiger partial charge is 0.493 e. The summed E-state index contributed by atoms with van der Waals surface area (Å²) < 4.78 is 10.5. The molecule has 2 aromatic rings. The van der Waals surface area contributed by atoms with Crippen molar-refractivity contribution in [3.63, 3.8) is 0 Å². The summed E-state index contributed by atoms with van der Waals surface area (Å²) in [5.74, 6) is 0.705. The Balaban J connectivity index is 2.00. The molecule has 106 valence electrons. The van der Waals surface area contributed by atoms with Crippen LogP contribution in [-0.4, -0.2) is 30.9 Å². The Morgan fingerprint density at radius 1 is 1.30 bits per heavy atom. The van der Waals surface area contributed by atoms with Crippen LogP contribution in [0.5, 0.6) is 5.75 Å². The fraction of sp³-hybridized carbons (Fsp3) is 0.312. The van der Waals surface area contributed by atoms with Gasteiger partial charge in [-0.1, -0.05) is 12.1 Å². The zero-order valence-electron chi connectivity index (χ0n) is 11.8. The minimum atomic E-state index is 0.0556. The predicted octanol–water partition coefficient (Wildman–Crippen LogP) is 2.99. The number of hydrogen-bond donors (Lipinski definition) is 0. The average Bonchev–Trinajstić information content (AvgIpc) is 2.92. The molecule has 2 rings (SSSR count). The van der Waals surface area contributed by atoms with Gasteiger partial charge in [0.15, 0.2) is 5.78 Å². The standard InChI is InChI=1S/C16H19NO3/c1-3-20-16-7-5-4-6-14(16)15(18)11-17(2)10-13-8-9-19-12-13/h4-9,12H,3,10-11H2,1-2H3. The van der Waals surface area contributed by atoms with Crippen molar-refractivity contribution in [1.82, 2.24) is 4.90 Å². The minimum absolute atomic E-state index is 0.0556. The molecule has 0 unspecified atom stereocenters. The molecule has 20 heavy (non-hydrogen) atoms. The van der Waals surface area contributed by atoms with Gasteiger partial charge in [-0.3, -0.25) is 9.69 Å². The Labute approximate surface area is 119 Å². The number of likely N-dealkylation sites (N-methyl/N-ethyl adjacent to an activating group) is 1. The van der Waals surface area contributed by atoms with Crippen LogP contribution in [0.1, 0.15) is 22.8 Å². The summed E-state index contributed by atoms with van der Waals surface area (Å²) in [7, 11) is 1.91. The Morgan fingerprint density at radius 2 is 2.10 bits per heavy atom. The molecule has 0 spiro atoms. The van der Waals surface area contributed by atoms with Gasteiger partial charge in [0.1, 0.15) is 5.75 Å². The van der Waals surface area contributed by atoms with Crippen LogP contribution in [-0.2, 0) is 6.54 Å². The van der Waals surface area contributed by atoms with Crippen LogP contribution >= 0.6 is 0 Å². The summed E-state index contributed by atoms with van der Waals surface area (Å²) in [5, 5.41) is 0. The normalized spacial score (nSPS) is 10.8. The van der Waals surface area contributed by atoms with Crippen molar-refractivity contribution in [1.29, 1.82) is 0 Å². The van der Waals surface area contributed by atoms with E-state index >= 15 is 0 Å². The molecule has 0 N–H and O–H groups in total. The molecule has 4 nitrogen and oxygen atoms in total. The van der Waals surface area contributed by atoms with Gasteiger partial charge in [0, 0.05) is 12.1 Å². The van der Waals surface area contributed by atoms with Gasteiger partial charge < -0.3 is 9.15 Å². The lowest BCUT2D eigenvalue weighted by atomic mass is 10.1. The maximum atomic E-state index is 12.3. The van der Waals surface area contributed by atoms with E-state index in [0.717, 1.165) is 5.56 Å². The Bertz CT molecular complexity index is 549. The van der Waals surface area contributed by atoms with Crippen LogP contribution in [0.4, 0.5) is 0 Å². The first-order valence-electron chi connectivity index (χ1n) is 6.65. The molecular weight excluding hydrogens is 254 g/mol. The highest BCUT2D eigenvalue weighted by Gasteiger charge is 2.14. The van der Waals surface area contributed by atoms with E-state index in [0.29, 0.717) is 31.0 Å². The van der Waals surface area contributed by atoms with Gasteiger partial charge in [-0.15, -0.1) is 0 Å². The minimum Gasteiger partial charge on any atom is -0.493 e. The Kier molecular flexibility index (Phi) is 4.96. The maximum absolute atomic E-state index is 12.3. The van der Waals surface area contributed by atoms with Crippen LogP contribution in [0, 0.1) is 0 Å². The third-order valence-corrected chi connectivity index (χ3v) is 2.93. The number of benzene rings is 1. The third kappa shape index (κ3) is 3.71. The smallest absolute Gasteiger partial charge is 0.180 e. The number of carbonyl (C=O) groups excluding carboxylic acids is 1. The van der Waals surface area contributed by atoms with Gasteiger partial charge in [0.25, 0.3) is 0 Å². The number of para-hydroxylation sites is 1. The van der Waals surface area contributed by atoms with E-state index in [1.54, 1.807) is 18.6 Å². The fourth-order valence-electron chi connectivity index (χ4n) is 2.06. The van der Waals surface area contributed by atoms with Crippen molar-refractivity contribution in [3.05, 3.63) is 54.0 Å². The van der Waals surface area contributed by atoms with Crippen molar-refractivity contribution >= 4 is 5.78 Å². The number of nitrogens with zero attached hydrogens (tertiary/aromatic N) is 1. The maximum Gasteiger partial charge on any atom is 0.180 e. The van der Waals surface area contributed by atoms with Crippen LogP contribution in [0.3, 0.4) is 0 Å². The van der Waals surface area contributed by atoms with Crippen molar-refractivity contribution in [2.75, 3.05) is 20.2 Å². The second kappa shape index (κ2) is 6.91. The lowest BCUT2D eigenvalue weighted by Gasteiger charge is -2.16. The van der Waals surface area contributed by atoms with Crippen LogP contribution in [0.15, 0.2) is 47.3 Å². The summed E-state index contributed by atoms with van der Waals surface area (Å²) in [6.07, 6.45) is 3.32. The molecule has 0 aliphatic rings. The highest BCUT2D eigenvalue weighted by Crippen LogP contribution is 2.19. The van der Waals surface area contributed by atoms with E-state index in [1.165, 1.54) is 0 Å². The van der Waals surface area contributed by atoms with E-state index in [9.17, 15) is 4.79 Å². The predicted molar refractivity (Wildman–Crippen MR) is 77.0 cm³/mol. The van der Waals surface area contributed by atoms with E-state index in [2.05, 4.69) is 0 Å². The molecule has 0 saturated heterocycles. The van der Waals surface area contributed by atoms with Crippen LogP contribution < -0.4 is 4.74 Å². The molecule has 4 heteroatoms. The fourth-order valence-corrected chi connectivity index (χ4v) is 2.06. The zero-order valence-corrected chi connectivity index (χ0v) is 11.8. The number of ether oxygens (including phenoxy) is 1. The molecule has 1 heterocycles. The Hall–Kier alpha value is -2.07. The average molecular weight is 273 g/mol. The van der Waals surface area contributed by atoms with Crippen LogP contribution in [0.2, 0.25) is 0 Å². The molecule has 0 aliphatic heterocycles. The zero-order chi connectivity index (χ0) is 14.4. The molecule has 0 aliphatic carbocycles. The van der Waals surface area contributed by atoms with Crippen LogP contribution in [0.25, 0.3) is 0 Å².